The number of aliphatic imine (C=N–C) groups is 1. The monoisotopic (exact) mass is 308 g/mol. The first-order valence-electron chi connectivity index (χ1n) is 8.49. The number of hydrogen-bond donors (Lipinski definition) is 2. The summed E-state index contributed by atoms with van der Waals surface area (Å²) in [5.74, 6) is 0.248. The standard InChI is InChI=1S/C17H28N2O3/c1-2-22-17(21)16(18)14-4-3-5-15(14)19-11-10-12-6-8-13(20)9-7-12/h12-13,20H,2-11,18H2,1H3. The molecule has 2 fully saturated rings. The second kappa shape index (κ2) is 8.32. The van der Waals surface area contributed by atoms with Crippen molar-refractivity contribution in [3.8, 4) is 0 Å². The minimum Gasteiger partial charge on any atom is -0.461 e. The molecule has 2 rings (SSSR count). The first-order chi connectivity index (χ1) is 10.6. The van der Waals surface area contributed by atoms with E-state index in [-0.39, 0.29) is 11.8 Å². The van der Waals surface area contributed by atoms with Gasteiger partial charge in [-0.3, -0.25) is 4.99 Å². The molecule has 5 nitrogen and oxygen atoms in total. The Labute approximate surface area is 132 Å². The average molecular weight is 308 g/mol. The van der Waals surface area contributed by atoms with Gasteiger partial charge in [0.2, 0.25) is 0 Å². The average Bonchev–Trinajstić information content (AvgIpc) is 2.97. The molecule has 0 atom stereocenters. The lowest BCUT2D eigenvalue weighted by molar-refractivity contribution is -0.138. The van der Waals surface area contributed by atoms with Crippen LogP contribution in [0, 0.1) is 5.92 Å². The highest BCUT2D eigenvalue weighted by Crippen LogP contribution is 2.28. The Morgan fingerprint density at radius 2 is 2.05 bits per heavy atom. The third kappa shape index (κ3) is 4.57. The van der Waals surface area contributed by atoms with E-state index in [0.717, 1.165) is 69.2 Å². The molecule has 2 saturated carbocycles. The Hall–Kier alpha value is -1.36. The molecule has 0 spiro atoms. The molecule has 0 radical (unpaired) electrons. The van der Waals surface area contributed by atoms with Crippen molar-refractivity contribution in [1.82, 2.24) is 0 Å². The van der Waals surface area contributed by atoms with Crippen molar-refractivity contribution in [2.45, 2.75) is 64.4 Å². The van der Waals surface area contributed by atoms with Crippen LogP contribution in [-0.2, 0) is 9.53 Å². The smallest absolute Gasteiger partial charge is 0.354 e. The molecule has 0 aliphatic heterocycles. The summed E-state index contributed by atoms with van der Waals surface area (Å²) in [4.78, 5) is 16.4. The van der Waals surface area contributed by atoms with Crippen LogP contribution in [-0.4, -0.2) is 36.0 Å². The third-order valence-corrected chi connectivity index (χ3v) is 4.67. The maximum Gasteiger partial charge on any atom is 0.354 e. The van der Waals surface area contributed by atoms with Crippen LogP contribution in [0.15, 0.2) is 16.3 Å². The highest BCUT2D eigenvalue weighted by Gasteiger charge is 2.23. The van der Waals surface area contributed by atoms with Gasteiger partial charge in [0.05, 0.1) is 12.7 Å². The second-order valence-electron chi connectivity index (χ2n) is 6.26. The molecule has 0 bridgehead atoms. The van der Waals surface area contributed by atoms with Gasteiger partial charge in [0, 0.05) is 17.8 Å². The number of aliphatic hydroxyl groups is 1. The minimum atomic E-state index is -0.423. The summed E-state index contributed by atoms with van der Waals surface area (Å²) in [5.41, 5.74) is 8.03. The number of aliphatic hydroxyl groups excluding tert-OH is 1. The van der Waals surface area contributed by atoms with Crippen LogP contribution >= 0.6 is 0 Å². The molecule has 124 valence electrons. The highest BCUT2D eigenvalue weighted by atomic mass is 16.5. The fourth-order valence-electron chi connectivity index (χ4n) is 3.34. The Morgan fingerprint density at radius 1 is 1.32 bits per heavy atom. The maximum absolute atomic E-state index is 11.7. The van der Waals surface area contributed by atoms with Gasteiger partial charge in [-0.15, -0.1) is 0 Å². The number of hydrogen-bond acceptors (Lipinski definition) is 5. The Bertz CT molecular complexity index is 449. The highest BCUT2D eigenvalue weighted by molar-refractivity contribution is 6.07. The SMILES string of the molecule is CCOC(=O)C(N)=C1CCCC1=NCCC1CCC(O)CC1. The van der Waals surface area contributed by atoms with Crippen LogP contribution in [0.5, 0.6) is 0 Å². The summed E-state index contributed by atoms with van der Waals surface area (Å²) in [5, 5.41) is 9.53. The Morgan fingerprint density at radius 3 is 2.73 bits per heavy atom. The minimum absolute atomic E-state index is 0.101. The predicted molar refractivity (Wildman–Crippen MR) is 86.6 cm³/mol. The molecule has 0 unspecified atom stereocenters. The zero-order valence-corrected chi connectivity index (χ0v) is 13.5. The number of allylic oxidation sites excluding steroid dienone is 1. The first kappa shape index (κ1) is 17.0. The quantitative estimate of drug-likeness (QED) is 0.603. The second-order valence-corrected chi connectivity index (χ2v) is 6.26. The molecule has 3 N–H and O–H groups in total. The van der Waals surface area contributed by atoms with Crippen molar-refractivity contribution < 1.29 is 14.6 Å². The molecule has 5 heteroatoms. The molecule has 0 aromatic rings. The molecule has 0 aromatic heterocycles. The summed E-state index contributed by atoms with van der Waals surface area (Å²) in [7, 11) is 0. The van der Waals surface area contributed by atoms with E-state index in [0.29, 0.717) is 12.5 Å². The number of carbonyl (C=O) groups is 1. The summed E-state index contributed by atoms with van der Waals surface area (Å²) in [6, 6.07) is 0. The van der Waals surface area contributed by atoms with Gasteiger partial charge in [-0.1, -0.05) is 0 Å². The third-order valence-electron chi connectivity index (χ3n) is 4.67. The number of carbonyl (C=O) groups excluding carboxylic acids is 1. The van der Waals surface area contributed by atoms with Crippen molar-refractivity contribution in [1.29, 1.82) is 0 Å². The van der Waals surface area contributed by atoms with Crippen LogP contribution in [0.1, 0.15) is 58.3 Å². The molecule has 0 heterocycles. The van der Waals surface area contributed by atoms with Crippen LogP contribution in [0.2, 0.25) is 0 Å². The lowest BCUT2D eigenvalue weighted by Crippen LogP contribution is -2.20. The van der Waals surface area contributed by atoms with E-state index >= 15 is 0 Å². The number of ether oxygens (including phenoxy) is 1. The summed E-state index contributed by atoms with van der Waals surface area (Å²) >= 11 is 0. The van der Waals surface area contributed by atoms with Crippen LogP contribution < -0.4 is 5.73 Å². The topological polar surface area (TPSA) is 84.9 Å². The van der Waals surface area contributed by atoms with E-state index in [1.54, 1.807) is 6.92 Å². The van der Waals surface area contributed by atoms with Gasteiger partial charge in [0.1, 0.15) is 5.70 Å². The molecule has 0 amide bonds. The number of nitrogens with two attached hydrogens (primary N) is 1. The van der Waals surface area contributed by atoms with E-state index in [1.807, 2.05) is 0 Å². The summed E-state index contributed by atoms with van der Waals surface area (Å²) in [6.45, 7) is 2.91. The van der Waals surface area contributed by atoms with Crippen molar-refractivity contribution in [3.63, 3.8) is 0 Å². The lowest BCUT2D eigenvalue weighted by Gasteiger charge is -2.24. The predicted octanol–water partition coefficient (Wildman–Crippen LogP) is 2.33. The van der Waals surface area contributed by atoms with Crippen molar-refractivity contribution in [3.05, 3.63) is 11.3 Å². The lowest BCUT2D eigenvalue weighted by atomic mass is 9.85. The van der Waals surface area contributed by atoms with Crippen molar-refractivity contribution in [2.24, 2.45) is 16.6 Å². The Kier molecular flexibility index (Phi) is 6.43. The van der Waals surface area contributed by atoms with E-state index in [4.69, 9.17) is 10.5 Å². The van der Waals surface area contributed by atoms with Crippen LogP contribution in [0.25, 0.3) is 0 Å². The molecular formula is C17H28N2O3. The number of nitrogens with zero attached hydrogens (tertiary/aromatic N) is 1. The van der Waals surface area contributed by atoms with Gasteiger partial charge >= 0.3 is 5.97 Å². The summed E-state index contributed by atoms with van der Waals surface area (Å²) < 4.78 is 4.97. The van der Waals surface area contributed by atoms with Crippen molar-refractivity contribution >= 4 is 11.7 Å². The molecule has 22 heavy (non-hydrogen) atoms. The summed E-state index contributed by atoms with van der Waals surface area (Å²) in [6.07, 6.45) is 7.71. The molecule has 2 aliphatic carbocycles. The van der Waals surface area contributed by atoms with Gasteiger partial charge < -0.3 is 15.6 Å². The fraction of sp³-hybridized carbons (Fsp3) is 0.765. The normalized spacial score (nSPS) is 29.6. The zero-order valence-electron chi connectivity index (χ0n) is 13.5. The van der Waals surface area contributed by atoms with Gasteiger partial charge in [0.15, 0.2) is 0 Å². The van der Waals surface area contributed by atoms with Gasteiger partial charge in [-0.2, -0.15) is 0 Å². The van der Waals surface area contributed by atoms with Gasteiger partial charge in [-0.05, 0) is 64.2 Å². The van der Waals surface area contributed by atoms with E-state index in [9.17, 15) is 9.90 Å². The molecular weight excluding hydrogens is 280 g/mol. The Balaban J connectivity index is 1.89. The molecule has 0 saturated heterocycles. The molecule has 0 aromatic carbocycles. The van der Waals surface area contributed by atoms with E-state index in [2.05, 4.69) is 4.99 Å². The van der Waals surface area contributed by atoms with Crippen LogP contribution in [0.3, 0.4) is 0 Å². The fourth-order valence-corrected chi connectivity index (χ4v) is 3.34. The number of rotatable bonds is 5. The zero-order chi connectivity index (χ0) is 15.9. The van der Waals surface area contributed by atoms with Crippen molar-refractivity contribution in [2.75, 3.05) is 13.2 Å². The van der Waals surface area contributed by atoms with Gasteiger partial charge in [0.25, 0.3) is 0 Å². The molecule has 2 aliphatic rings. The first-order valence-corrected chi connectivity index (χ1v) is 8.49. The van der Waals surface area contributed by atoms with E-state index in [1.165, 1.54) is 0 Å². The van der Waals surface area contributed by atoms with Crippen LogP contribution in [0.4, 0.5) is 0 Å². The largest absolute Gasteiger partial charge is 0.461 e. The number of esters is 1. The van der Waals surface area contributed by atoms with Gasteiger partial charge in [-0.25, -0.2) is 4.79 Å². The van der Waals surface area contributed by atoms with E-state index < -0.39 is 5.97 Å². The maximum atomic E-state index is 11.7.